The average Bonchev–Trinajstić information content (AvgIpc) is 2.74. The van der Waals surface area contributed by atoms with E-state index in [1.165, 1.54) is 19.3 Å². The third-order valence-electron chi connectivity index (χ3n) is 5.01. The second-order valence-corrected chi connectivity index (χ2v) is 6.63. The fourth-order valence-electron chi connectivity index (χ4n) is 3.57. The van der Waals surface area contributed by atoms with Crippen molar-refractivity contribution in [2.45, 2.75) is 71.0 Å². The van der Waals surface area contributed by atoms with Gasteiger partial charge >= 0.3 is 0 Å². The minimum absolute atomic E-state index is 0.0329. The predicted octanol–water partition coefficient (Wildman–Crippen LogP) is 1.38. The standard InChI is InChI=1S/C16H29N3O2/c1-12-5-4-6-13(2)18(12)10-9-17-15(20)11-19-14(3)7-8-16(19)21/h12-14H,4-11H2,1-3H3,(H,17,20). The minimum atomic E-state index is -0.0329. The lowest BCUT2D eigenvalue weighted by atomic mass is 9.98. The molecular weight excluding hydrogens is 266 g/mol. The SMILES string of the molecule is CC1CCC(=O)N1CC(=O)NCCN1C(C)CCCC1C. The van der Waals surface area contributed by atoms with Crippen molar-refractivity contribution >= 4 is 11.8 Å². The van der Waals surface area contributed by atoms with Crippen molar-refractivity contribution in [1.82, 2.24) is 15.1 Å². The van der Waals surface area contributed by atoms with Crippen LogP contribution in [0, 0.1) is 0 Å². The van der Waals surface area contributed by atoms with Crippen molar-refractivity contribution in [2.75, 3.05) is 19.6 Å². The molecule has 21 heavy (non-hydrogen) atoms. The Bertz CT molecular complexity index is 376. The average molecular weight is 295 g/mol. The monoisotopic (exact) mass is 295 g/mol. The zero-order valence-electron chi connectivity index (χ0n) is 13.6. The van der Waals surface area contributed by atoms with E-state index in [4.69, 9.17) is 0 Å². The second-order valence-electron chi connectivity index (χ2n) is 6.63. The summed E-state index contributed by atoms with van der Waals surface area (Å²) in [7, 11) is 0. The summed E-state index contributed by atoms with van der Waals surface area (Å²) in [5.74, 6) is 0.0744. The summed E-state index contributed by atoms with van der Waals surface area (Å²) in [4.78, 5) is 27.8. The number of nitrogens with zero attached hydrogens (tertiary/aromatic N) is 2. The second kappa shape index (κ2) is 7.25. The van der Waals surface area contributed by atoms with Gasteiger partial charge in [0.1, 0.15) is 0 Å². The van der Waals surface area contributed by atoms with Gasteiger partial charge in [0.15, 0.2) is 0 Å². The van der Waals surface area contributed by atoms with Gasteiger partial charge in [-0.3, -0.25) is 14.5 Å². The molecule has 0 spiro atoms. The van der Waals surface area contributed by atoms with Gasteiger partial charge < -0.3 is 10.2 Å². The van der Waals surface area contributed by atoms with Crippen molar-refractivity contribution in [3.63, 3.8) is 0 Å². The first-order valence-electron chi connectivity index (χ1n) is 8.31. The molecule has 120 valence electrons. The molecule has 0 aromatic carbocycles. The van der Waals surface area contributed by atoms with Crippen molar-refractivity contribution in [2.24, 2.45) is 0 Å². The number of hydrogen-bond donors (Lipinski definition) is 1. The summed E-state index contributed by atoms with van der Waals surface area (Å²) >= 11 is 0. The maximum Gasteiger partial charge on any atom is 0.239 e. The summed E-state index contributed by atoms with van der Waals surface area (Å²) in [6.07, 6.45) is 5.25. The van der Waals surface area contributed by atoms with Crippen LogP contribution in [0.4, 0.5) is 0 Å². The van der Waals surface area contributed by atoms with Crippen LogP contribution in [-0.4, -0.2) is 59.4 Å². The lowest BCUT2D eigenvalue weighted by molar-refractivity contribution is -0.134. The number of hydrogen-bond acceptors (Lipinski definition) is 3. The van der Waals surface area contributed by atoms with Crippen LogP contribution >= 0.6 is 0 Å². The molecule has 0 aromatic rings. The highest BCUT2D eigenvalue weighted by atomic mass is 16.2. The maximum absolute atomic E-state index is 12.0. The number of rotatable bonds is 5. The third kappa shape index (κ3) is 4.19. The molecule has 0 aromatic heterocycles. The molecule has 2 aliphatic rings. The molecule has 2 rings (SSSR count). The number of carbonyl (C=O) groups excluding carboxylic acids is 2. The molecule has 3 atom stereocenters. The van der Waals surface area contributed by atoms with Crippen LogP contribution in [-0.2, 0) is 9.59 Å². The van der Waals surface area contributed by atoms with E-state index in [1.54, 1.807) is 4.90 Å². The van der Waals surface area contributed by atoms with Gasteiger partial charge in [0, 0.05) is 37.6 Å². The molecule has 5 nitrogen and oxygen atoms in total. The molecule has 2 fully saturated rings. The first kappa shape index (κ1) is 16.3. The molecular formula is C16H29N3O2. The van der Waals surface area contributed by atoms with Crippen molar-refractivity contribution in [3.05, 3.63) is 0 Å². The predicted molar refractivity (Wildman–Crippen MR) is 82.9 cm³/mol. The van der Waals surface area contributed by atoms with Crippen LogP contribution in [0.2, 0.25) is 0 Å². The van der Waals surface area contributed by atoms with Crippen LogP contribution in [0.25, 0.3) is 0 Å². The number of carbonyl (C=O) groups is 2. The van der Waals surface area contributed by atoms with E-state index in [-0.39, 0.29) is 24.4 Å². The van der Waals surface area contributed by atoms with Crippen molar-refractivity contribution in [3.8, 4) is 0 Å². The maximum atomic E-state index is 12.0. The smallest absolute Gasteiger partial charge is 0.239 e. The molecule has 2 aliphatic heterocycles. The Balaban J connectivity index is 1.70. The molecule has 2 heterocycles. The van der Waals surface area contributed by atoms with Crippen molar-refractivity contribution in [1.29, 1.82) is 0 Å². The van der Waals surface area contributed by atoms with Gasteiger partial charge in [-0.15, -0.1) is 0 Å². The first-order chi connectivity index (χ1) is 9.99. The van der Waals surface area contributed by atoms with Gasteiger partial charge in [-0.2, -0.15) is 0 Å². The van der Waals surface area contributed by atoms with Gasteiger partial charge in [-0.05, 0) is 40.0 Å². The topological polar surface area (TPSA) is 52.7 Å². The normalized spacial score (nSPS) is 30.7. The van der Waals surface area contributed by atoms with E-state index in [9.17, 15) is 9.59 Å². The molecule has 1 N–H and O–H groups in total. The summed E-state index contributed by atoms with van der Waals surface area (Å²) in [5, 5.41) is 2.96. The van der Waals surface area contributed by atoms with E-state index >= 15 is 0 Å². The minimum Gasteiger partial charge on any atom is -0.353 e. The number of likely N-dealkylation sites (tertiary alicyclic amines) is 2. The third-order valence-corrected chi connectivity index (χ3v) is 5.01. The van der Waals surface area contributed by atoms with Gasteiger partial charge in [0.05, 0.1) is 6.54 Å². The fourth-order valence-corrected chi connectivity index (χ4v) is 3.57. The molecule has 0 aliphatic carbocycles. The lowest BCUT2D eigenvalue weighted by Crippen LogP contribution is -2.48. The van der Waals surface area contributed by atoms with Gasteiger partial charge in [0.25, 0.3) is 0 Å². The highest BCUT2D eigenvalue weighted by Crippen LogP contribution is 2.21. The summed E-state index contributed by atoms with van der Waals surface area (Å²) < 4.78 is 0. The Morgan fingerprint density at radius 2 is 1.81 bits per heavy atom. The molecule has 5 heteroatoms. The Morgan fingerprint density at radius 3 is 2.38 bits per heavy atom. The number of piperidine rings is 1. The van der Waals surface area contributed by atoms with Crippen molar-refractivity contribution < 1.29 is 9.59 Å². The number of amides is 2. The largest absolute Gasteiger partial charge is 0.353 e. The van der Waals surface area contributed by atoms with E-state index in [0.29, 0.717) is 25.0 Å². The summed E-state index contributed by atoms with van der Waals surface area (Å²) in [6, 6.07) is 1.40. The van der Waals surface area contributed by atoms with Crippen LogP contribution in [0.1, 0.15) is 52.9 Å². The van der Waals surface area contributed by atoms with E-state index < -0.39 is 0 Å². The Labute approximate surface area is 128 Å². The fraction of sp³-hybridized carbons (Fsp3) is 0.875. The van der Waals surface area contributed by atoms with Crippen LogP contribution < -0.4 is 5.32 Å². The molecule has 3 unspecified atom stereocenters. The van der Waals surface area contributed by atoms with Gasteiger partial charge in [0.2, 0.25) is 11.8 Å². The zero-order valence-corrected chi connectivity index (χ0v) is 13.6. The van der Waals surface area contributed by atoms with Gasteiger partial charge in [-0.25, -0.2) is 0 Å². The molecule has 0 radical (unpaired) electrons. The van der Waals surface area contributed by atoms with Crippen LogP contribution in [0.5, 0.6) is 0 Å². The zero-order chi connectivity index (χ0) is 15.4. The molecule has 0 bridgehead atoms. The Hall–Kier alpha value is -1.10. The Kier molecular flexibility index (Phi) is 5.62. The first-order valence-corrected chi connectivity index (χ1v) is 8.31. The van der Waals surface area contributed by atoms with E-state index in [0.717, 1.165) is 13.0 Å². The van der Waals surface area contributed by atoms with Crippen LogP contribution in [0.3, 0.4) is 0 Å². The summed E-state index contributed by atoms with van der Waals surface area (Å²) in [6.45, 7) is 8.33. The van der Waals surface area contributed by atoms with E-state index in [1.807, 2.05) is 6.92 Å². The highest BCUT2D eigenvalue weighted by Gasteiger charge is 2.29. The Morgan fingerprint density at radius 1 is 1.14 bits per heavy atom. The summed E-state index contributed by atoms with van der Waals surface area (Å²) in [5.41, 5.74) is 0. The molecule has 0 saturated carbocycles. The van der Waals surface area contributed by atoms with Gasteiger partial charge in [-0.1, -0.05) is 6.42 Å². The van der Waals surface area contributed by atoms with Crippen LogP contribution in [0.15, 0.2) is 0 Å². The number of nitrogens with one attached hydrogen (secondary N) is 1. The quantitative estimate of drug-likeness (QED) is 0.833. The lowest BCUT2D eigenvalue weighted by Gasteiger charge is -2.39. The van der Waals surface area contributed by atoms with E-state index in [2.05, 4.69) is 24.1 Å². The highest BCUT2D eigenvalue weighted by molar-refractivity contribution is 5.86. The molecule has 2 saturated heterocycles. The molecule has 2 amide bonds.